The lowest BCUT2D eigenvalue weighted by Gasteiger charge is -2.35. The Labute approximate surface area is 176 Å². The molecule has 1 unspecified atom stereocenters. The summed E-state index contributed by atoms with van der Waals surface area (Å²) in [6.45, 7) is 7.74. The minimum Gasteiger partial charge on any atom is -0.351 e. The van der Waals surface area contributed by atoms with Gasteiger partial charge in [0, 0.05) is 18.0 Å². The van der Waals surface area contributed by atoms with Crippen LogP contribution in [0.15, 0.2) is 35.9 Å². The lowest BCUT2D eigenvalue weighted by Crippen LogP contribution is -2.48. The van der Waals surface area contributed by atoms with Gasteiger partial charge in [-0.05, 0) is 44.1 Å². The molecule has 162 valence electrons. The average Bonchev–Trinajstić information content (AvgIpc) is 3.03. The van der Waals surface area contributed by atoms with Crippen molar-refractivity contribution in [1.29, 1.82) is 0 Å². The summed E-state index contributed by atoms with van der Waals surface area (Å²) in [6, 6.07) is 1.35. The minimum atomic E-state index is -0.666. The second kappa shape index (κ2) is 8.58. The monoisotopic (exact) mass is 415 g/mol. The maximum absolute atomic E-state index is 13.0. The zero-order valence-electron chi connectivity index (χ0n) is 17.7. The molecule has 1 saturated carbocycles. The van der Waals surface area contributed by atoms with E-state index in [-0.39, 0.29) is 23.6 Å². The van der Waals surface area contributed by atoms with Crippen molar-refractivity contribution in [2.24, 2.45) is 5.41 Å². The molecule has 0 radical (unpaired) electrons. The highest BCUT2D eigenvalue weighted by Crippen LogP contribution is 2.37. The third-order valence-electron chi connectivity index (χ3n) is 6.41. The van der Waals surface area contributed by atoms with Crippen molar-refractivity contribution in [1.82, 2.24) is 15.2 Å². The van der Waals surface area contributed by atoms with Crippen LogP contribution < -0.4 is 16.2 Å². The molecule has 6 nitrogen and oxygen atoms in total. The van der Waals surface area contributed by atoms with Gasteiger partial charge in [-0.25, -0.2) is 4.39 Å². The first-order valence-corrected chi connectivity index (χ1v) is 10.6. The molecule has 7 heteroatoms. The molecule has 30 heavy (non-hydrogen) atoms. The number of hydrogen-bond acceptors (Lipinski definition) is 3. The van der Waals surface area contributed by atoms with Crippen LogP contribution >= 0.6 is 0 Å². The number of rotatable bonds is 7. The van der Waals surface area contributed by atoms with Gasteiger partial charge in [-0.2, -0.15) is 0 Å². The number of aromatic nitrogens is 1. The molecule has 1 atom stereocenters. The summed E-state index contributed by atoms with van der Waals surface area (Å²) < 4.78 is 14.0. The van der Waals surface area contributed by atoms with Gasteiger partial charge in [0.1, 0.15) is 11.4 Å². The molecular formula is C23H30FN3O3. The van der Waals surface area contributed by atoms with E-state index in [0.29, 0.717) is 30.4 Å². The summed E-state index contributed by atoms with van der Waals surface area (Å²) in [6.07, 6.45) is 8.78. The van der Waals surface area contributed by atoms with Crippen molar-refractivity contribution in [3.05, 3.63) is 58.3 Å². The van der Waals surface area contributed by atoms with Crippen molar-refractivity contribution in [2.45, 2.75) is 64.5 Å². The molecule has 1 aliphatic carbocycles. The maximum atomic E-state index is 13.0. The van der Waals surface area contributed by atoms with Crippen LogP contribution in [0.3, 0.4) is 0 Å². The van der Waals surface area contributed by atoms with Gasteiger partial charge in [0.05, 0.1) is 11.9 Å². The zero-order chi connectivity index (χ0) is 21.9. The van der Waals surface area contributed by atoms with Gasteiger partial charge in [0.15, 0.2) is 0 Å². The third kappa shape index (κ3) is 3.85. The Balaban J connectivity index is 1.96. The fourth-order valence-corrected chi connectivity index (χ4v) is 4.60. The van der Waals surface area contributed by atoms with Crippen LogP contribution in [0, 0.1) is 5.41 Å². The van der Waals surface area contributed by atoms with Crippen LogP contribution in [0.2, 0.25) is 0 Å². The Morgan fingerprint density at radius 2 is 2.07 bits per heavy atom. The SMILES string of the molecule is C=CC(C)(C/C=C/F)CNC(=O)c1cc(=O)n2c(c1CC)C(=O)NC21CCCCC1. The smallest absolute Gasteiger partial charge is 0.270 e. The minimum absolute atomic E-state index is 0.226. The molecule has 1 aromatic rings. The first kappa shape index (κ1) is 22.0. The fraction of sp³-hybridized carbons (Fsp3) is 0.522. The van der Waals surface area contributed by atoms with Crippen molar-refractivity contribution in [3.63, 3.8) is 0 Å². The van der Waals surface area contributed by atoms with Crippen LogP contribution in [-0.2, 0) is 12.1 Å². The molecular weight excluding hydrogens is 385 g/mol. The lowest BCUT2D eigenvalue weighted by molar-refractivity contribution is 0.0875. The van der Waals surface area contributed by atoms with E-state index in [4.69, 9.17) is 0 Å². The van der Waals surface area contributed by atoms with Crippen molar-refractivity contribution < 1.29 is 14.0 Å². The van der Waals surface area contributed by atoms with Crippen LogP contribution in [-0.4, -0.2) is 22.9 Å². The highest BCUT2D eigenvalue weighted by molar-refractivity contribution is 6.02. The van der Waals surface area contributed by atoms with Crippen LogP contribution in [0.25, 0.3) is 0 Å². The Morgan fingerprint density at radius 1 is 1.37 bits per heavy atom. The molecule has 0 aromatic carbocycles. The molecule has 0 bridgehead atoms. The van der Waals surface area contributed by atoms with E-state index in [2.05, 4.69) is 17.2 Å². The van der Waals surface area contributed by atoms with Crippen molar-refractivity contribution in [2.75, 3.05) is 6.54 Å². The standard InChI is InChI=1S/C23H30FN3O3/c1-4-16-17(20(29)25-15-22(3,5-2)10-9-13-24)14-18(28)27-19(16)21(30)26-23(27)11-7-6-8-12-23/h5,9,13-14H,2,4,6-8,10-12,15H2,1,3H3,(H,25,29)(H,26,30)/b13-9+. The largest absolute Gasteiger partial charge is 0.351 e. The number of amides is 2. The highest BCUT2D eigenvalue weighted by atomic mass is 19.1. The van der Waals surface area contributed by atoms with E-state index in [1.807, 2.05) is 13.8 Å². The topological polar surface area (TPSA) is 80.2 Å². The van der Waals surface area contributed by atoms with Crippen LogP contribution in [0.4, 0.5) is 4.39 Å². The summed E-state index contributed by atoms with van der Waals surface area (Å²) in [5.74, 6) is -0.702. The van der Waals surface area contributed by atoms with Gasteiger partial charge in [0.25, 0.3) is 17.4 Å². The molecule has 2 N–H and O–H groups in total. The molecule has 2 aliphatic rings. The van der Waals surface area contributed by atoms with E-state index >= 15 is 0 Å². The molecule has 0 saturated heterocycles. The Bertz CT molecular complexity index is 944. The normalized spacial score (nSPS) is 19.4. The number of hydrogen-bond donors (Lipinski definition) is 2. The van der Waals surface area contributed by atoms with Crippen molar-refractivity contribution in [3.8, 4) is 0 Å². The van der Waals surface area contributed by atoms with Gasteiger partial charge < -0.3 is 10.6 Å². The van der Waals surface area contributed by atoms with Gasteiger partial charge >= 0.3 is 0 Å². The Morgan fingerprint density at radius 3 is 2.67 bits per heavy atom. The second-order valence-electron chi connectivity index (χ2n) is 8.57. The lowest BCUT2D eigenvalue weighted by atomic mass is 9.86. The van der Waals surface area contributed by atoms with Crippen LogP contribution in [0.5, 0.6) is 0 Å². The fourth-order valence-electron chi connectivity index (χ4n) is 4.60. The summed E-state index contributed by atoms with van der Waals surface area (Å²) in [5.41, 5.74) is -0.413. The number of halogens is 1. The second-order valence-corrected chi connectivity index (χ2v) is 8.57. The maximum Gasteiger partial charge on any atom is 0.270 e. The molecule has 2 amide bonds. The number of nitrogens with zero attached hydrogens (tertiary/aromatic N) is 1. The average molecular weight is 416 g/mol. The molecule has 1 fully saturated rings. The predicted octanol–water partition coefficient (Wildman–Crippen LogP) is 3.57. The van der Waals surface area contributed by atoms with E-state index in [0.717, 1.165) is 32.1 Å². The number of carbonyl (C=O) groups is 2. The number of fused-ring (bicyclic) bond motifs is 2. The van der Waals surface area contributed by atoms with Gasteiger partial charge in [-0.1, -0.05) is 32.4 Å². The number of allylic oxidation sites excluding steroid dienone is 1. The summed E-state index contributed by atoms with van der Waals surface area (Å²) in [5, 5.41) is 5.87. The van der Waals surface area contributed by atoms with Gasteiger partial charge in [-0.3, -0.25) is 19.0 Å². The number of carbonyl (C=O) groups excluding carboxylic acids is 2. The molecule has 1 aliphatic heterocycles. The van der Waals surface area contributed by atoms with E-state index in [1.54, 1.807) is 10.6 Å². The van der Waals surface area contributed by atoms with Crippen molar-refractivity contribution >= 4 is 11.8 Å². The summed E-state index contributed by atoms with van der Waals surface area (Å²) in [7, 11) is 0. The van der Waals surface area contributed by atoms with E-state index < -0.39 is 17.0 Å². The summed E-state index contributed by atoms with van der Waals surface area (Å²) in [4.78, 5) is 38.9. The summed E-state index contributed by atoms with van der Waals surface area (Å²) >= 11 is 0. The quantitative estimate of drug-likeness (QED) is 0.668. The number of nitrogens with one attached hydrogen (secondary N) is 2. The molecule has 2 heterocycles. The highest BCUT2D eigenvalue weighted by Gasteiger charge is 2.45. The Kier molecular flexibility index (Phi) is 6.29. The van der Waals surface area contributed by atoms with Gasteiger partial charge in [-0.15, -0.1) is 6.58 Å². The molecule has 3 rings (SSSR count). The first-order chi connectivity index (χ1) is 14.3. The van der Waals surface area contributed by atoms with E-state index in [9.17, 15) is 18.8 Å². The Hall–Kier alpha value is -2.70. The first-order valence-electron chi connectivity index (χ1n) is 10.6. The number of pyridine rings is 1. The van der Waals surface area contributed by atoms with Gasteiger partial charge in [0.2, 0.25) is 0 Å². The predicted molar refractivity (Wildman–Crippen MR) is 114 cm³/mol. The zero-order valence-corrected chi connectivity index (χ0v) is 17.7. The van der Waals surface area contributed by atoms with Crippen LogP contribution in [0.1, 0.15) is 78.8 Å². The molecule has 1 spiro atoms. The molecule has 1 aromatic heterocycles. The third-order valence-corrected chi connectivity index (χ3v) is 6.41. The van der Waals surface area contributed by atoms with E-state index in [1.165, 1.54) is 12.1 Å².